The number of carbonyl (C=O) groups excluding carboxylic acids is 1. The largest absolute Gasteiger partial charge is 0.448 e. The number of nitrogens with one attached hydrogen (secondary N) is 1. The van der Waals surface area contributed by atoms with Crippen molar-refractivity contribution >= 4 is 6.41 Å². The van der Waals surface area contributed by atoms with Crippen LogP contribution in [0.5, 0.6) is 11.5 Å². The van der Waals surface area contributed by atoms with Gasteiger partial charge < -0.3 is 19.5 Å². The first-order valence-corrected chi connectivity index (χ1v) is 13.0. The van der Waals surface area contributed by atoms with E-state index in [0.29, 0.717) is 12.0 Å². The molecule has 7 aliphatic rings. The molecule has 172 valence electrons. The van der Waals surface area contributed by atoms with Crippen LogP contribution in [0, 0.1) is 23.2 Å². The Hall–Kier alpha value is -1.75. The molecule has 8 rings (SSSR count). The van der Waals surface area contributed by atoms with E-state index in [2.05, 4.69) is 17.4 Å². The lowest BCUT2D eigenvalue weighted by atomic mass is 9.47. The zero-order valence-corrected chi connectivity index (χ0v) is 18.9. The second-order valence-corrected chi connectivity index (χ2v) is 11.8. The fraction of sp³-hybridized carbons (Fsp3) is 0.741. The third kappa shape index (κ3) is 2.96. The van der Waals surface area contributed by atoms with Crippen LogP contribution in [0.15, 0.2) is 12.1 Å². The van der Waals surface area contributed by atoms with Gasteiger partial charge in [0.15, 0.2) is 11.5 Å². The molecule has 5 saturated carbocycles. The number of amides is 1. The molecule has 5 nitrogen and oxygen atoms in total. The Bertz CT molecular complexity index is 885. The highest BCUT2D eigenvalue weighted by atomic mass is 16.7. The van der Waals surface area contributed by atoms with Gasteiger partial charge in [-0.05, 0) is 86.2 Å². The summed E-state index contributed by atoms with van der Waals surface area (Å²) in [5.41, 5.74) is 2.77. The molecule has 4 bridgehead atoms. The molecule has 0 saturated heterocycles. The second-order valence-electron chi connectivity index (χ2n) is 11.8. The Labute approximate surface area is 190 Å². The third-order valence-electron chi connectivity index (χ3n) is 9.68. The highest BCUT2D eigenvalue weighted by molar-refractivity contribution is 5.55. The number of rotatable bonds is 4. The summed E-state index contributed by atoms with van der Waals surface area (Å²) >= 11 is 0. The Morgan fingerprint density at radius 2 is 1.69 bits per heavy atom. The van der Waals surface area contributed by atoms with Crippen LogP contribution in [-0.2, 0) is 16.0 Å². The molecule has 1 spiro atoms. The van der Waals surface area contributed by atoms with E-state index < -0.39 is 5.79 Å². The maximum atomic E-state index is 11.1. The monoisotopic (exact) mass is 437 g/mol. The first-order chi connectivity index (χ1) is 15.7. The number of ether oxygens (including phenoxy) is 3. The van der Waals surface area contributed by atoms with Gasteiger partial charge in [-0.2, -0.15) is 0 Å². The predicted octanol–water partition coefficient (Wildman–Crippen LogP) is 5.06. The van der Waals surface area contributed by atoms with Crippen LogP contribution < -0.4 is 14.8 Å². The second kappa shape index (κ2) is 7.12. The zero-order valence-electron chi connectivity index (χ0n) is 18.9. The van der Waals surface area contributed by atoms with E-state index in [0.717, 1.165) is 54.9 Å². The van der Waals surface area contributed by atoms with Gasteiger partial charge in [-0.25, -0.2) is 0 Å². The fourth-order valence-corrected chi connectivity index (χ4v) is 8.78. The van der Waals surface area contributed by atoms with Crippen molar-refractivity contribution in [2.24, 2.45) is 23.2 Å². The van der Waals surface area contributed by atoms with Gasteiger partial charge in [-0.15, -0.1) is 0 Å². The van der Waals surface area contributed by atoms with Gasteiger partial charge >= 0.3 is 0 Å². The molecule has 1 amide bonds. The van der Waals surface area contributed by atoms with Crippen molar-refractivity contribution in [3.63, 3.8) is 0 Å². The van der Waals surface area contributed by atoms with Gasteiger partial charge in [0.1, 0.15) is 6.10 Å². The smallest absolute Gasteiger partial charge is 0.251 e. The maximum absolute atomic E-state index is 11.1. The van der Waals surface area contributed by atoms with Gasteiger partial charge in [0.25, 0.3) is 5.79 Å². The molecule has 1 N–H and O–H groups in total. The van der Waals surface area contributed by atoms with E-state index in [1.807, 2.05) is 0 Å². The average Bonchev–Trinajstić information content (AvgIpc) is 3.14. The summed E-state index contributed by atoms with van der Waals surface area (Å²) < 4.78 is 20.0. The lowest BCUT2D eigenvalue weighted by Gasteiger charge is -2.60. The van der Waals surface area contributed by atoms with Crippen molar-refractivity contribution in [2.45, 2.75) is 95.0 Å². The third-order valence-corrected chi connectivity index (χ3v) is 9.68. The van der Waals surface area contributed by atoms with Crippen molar-refractivity contribution in [1.82, 2.24) is 5.32 Å². The summed E-state index contributed by atoms with van der Waals surface area (Å²) in [7, 11) is 0. The maximum Gasteiger partial charge on any atom is 0.251 e. The highest BCUT2D eigenvalue weighted by Gasteiger charge is 2.56. The van der Waals surface area contributed by atoms with Gasteiger partial charge in [-0.1, -0.05) is 12.5 Å². The Kier molecular flexibility index (Phi) is 4.38. The van der Waals surface area contributed by atoms with Crippen LogP contribution in [0.1, 0.15) is 87.9 Å². The SMILES string of the molecule is O=CNCC1OC(C23CC4CC(CC(C4)C2)C3)Cc2c1ccc1c2OC2(CCCCC2)O1. The van der Waals surface area contributed by atoms with Crippen molar-refractivity contribution in [2.75, 3.05) is 6.54 Å². The molecule has 1 aromatic carbocycles. The summed E-state index contributed by atoms with van der Waals surface area (Å²) in [5, 5.41) is 2.90. The first-order valence-electron chi connectivity index (χ1n) is 13.0. The van der Waals surface area contributed by atoms with E-state index in [1.165, 1.54) is 68.9 Å². The lowest BCUT2D eigenvalue weighted by molar-refractivity contribution is -0.166. The van der Waals surface area contributed by atoms with Gasteiger partial charge in [0, 0.05) is 31.4 Å². The van der Waals surface area contributed by atoms with Crippen molar-refractivity contribution in [3.8, 4) is 11.5 Å². The first kappa shape index (κ1) is 19.7. The number of hydrogen-bond acceptors (Lipinski definition) is 4. The van der Waals surface area contributed by atoms with Crippen molar-refractivity contribution < 1.29 is 19.0 Å². The predicted molar refractivity (Wildman–Crippen MR) is 120 cm³/mol. The highest BCUT2D eigenvalue weighted by Crippen LogP contribution is 2.63. The molecule has 0 radical (unpaired) electrons. The molecule has 2 unspecified atom stereocenters. The molecule has 2 atom stereocenters. The molecule has 5 heteroatoms. The standard InChI is InChI=1S/C27H35NO4/c29-16-28-15-23-20-4-5-22-25(32-27(31-22)6-2-1-3-7-27)21(20)11-24(30-23)26-12-17-8-18(13-26)10-19(9-17)14-26/h4-5,16-19,23-24H,1-3,6-15H2,(H,28,29). The molecule has 1 aromatic rings. The van der Waals surface area contributed by atoms with E-state index in [9.17, 15) is 4.79 Å². The molecule has 0 aromatic heterocycles. The molecule has 32 heavy (non-hydrogen) atoms. The van der Waals surface area contributed by atoms with Gasteiger partial charge in [-0.3, -0.25) is 4.79 Å². The van der Waals surface area contributed by atoms with Crippen molar-refractivity contribution in [3.05, 3.63) is 23.3 Å². The number of benzene rings is 1. The molecule has 5 fully saturated rings. The van der Waals surface area contributed by atoms with Crippen LogP contribution in [0.3, 0.4) is 0 Å². The summed E-state index contributed by atoms with van der Waals surface area (Å²) in [6.45, 7) is 0.518. The minimum Gasteiger partial charge on any atom is -0.448 e. The molecular weight excluding hydrogens is 402 g/mol. The van der Waals surface area contributed by atoms with Crippen LogP contribution in [0.2, 0.25) is 0 Å². The Morgan fingerprint density at radius 1 is 0.969 bits per heavy atom. The minimum atomic E-state index is -0.458. The van der Waals surface area contributed by atoms with Crippen LogP contribution in [-0.4, -0.2) is 24.8 Å². The average molecular weight is 438 g/mol. The summed E-state index contributed by atoms with van der Waals surface area (Å²) in [6.07, 6.45) is 15.6. The molecule has 2 heterocycles. The zero-order chi connectivity index (χ0) is 21.3. The summed E-state index contributed by atoms with van der Waals surface area (Å²) in [6, 6.07) is 4.23. The van der Waals surface area contributed by atoms with Gasteiger partial charge in [0.2, 0.25) is 6.41 Å². The molecule has 5 aliphatic carbocycles. The van der Waals surface area contributed by atoms with E-state index in [-0.39, 0.29) is 12.2 Å². The minimum absolute atomic E-state index is 0.112. The van der Waals surface area contributed by atoms with Gasteiger partial charge in [0.05, 0.1) is 6.10 Å². The van der Waals surface area contributed by atoms with Crippen LogP contribution in [0.25, 0.3) is 0 Å². The number of hydrogen-bond donors (Lipinski definition) is 1. The molecule has 2 aliphatic heterocycles. The van der Waals surface area contributed by atoms with E-state index in [4.69, 9.17) is 14.2 Å². The van der Waals surface area contributed by atoms with E-state index >= 15 is 0 Å². The van der Waals surface area contributed by atoms with Crippen LogP contribution >= 0.6 is 0 Å². The normalized spacial score (nSPS) is 40.3. The Morgan fingerprint density at radius 3 is 2.38 bits per heavy atom. The quantitative estimate of drug-likeness (QED) is 0.669. The fourth-order valence-electron chi connectivity index (χ4n) is 8.78. The summed E-state index contributed by atoms with van der Waals surface area (Å²) in [5.74, 6) is 4.11. The number of carbonyl (C=O) groups is 1. The Balaban J connectivity index is 1.25. The topological polar surface area (TPSA) is 56.8 Å². The van der Waals surface area contributed by atoms with E-state index in [1.54, 1.807) is 0 Å². The van der Waals surface area contributed by atoms with Crippen LogP contribution in [0.4, 0.5) is 0 Å². The molecular formula is C27H35NO4. The lowest BCUT2D eigenvalue weighted by Crippen LogP contribution is -2.54. The summed E-state index contributed by atoms with van der Waals surface area (Å²) in [4.78, 5) is 11.1. The number of fused-ring (bicyclic) bond motifs is 3. The van der Waals surface area contributed by atoms with Crippen molar-refractivity contribution in [1.29, 1.82) is 0 Å².